The van der Waals surface area contributed by atoms with Crippen LogP contribution in [0.2, 0.25) is 0 Å². The molecule has 0 aromatic rings. The lowest BCUT2D eigenvalue weighted by Crippen LogP contribution is -2.51. The van der Waals surface area contributed by atoms with E-state index >= 15 is 0 Å². The van der Waals surface area contributed by atoms with Gasteiger partial charge >= 0.3 is 5.97 Å². The first-order valence-electron chi connectivity index (χ1n) is 6.78. The van der Waals surface area contributed by atoms with Gasteiger partial charge in [-0.15, -0.1) is 0 Å². The van der Waals surface area contributed by atoms with Crippen molar-refractivity contribution < 1.29 is 19.7 Å². The van der Waals surface area contributed by atoms with E-state index < -0.39 is 12.2 Å². The third-order valence-electron chi connectivity index (χ3n) is 5.28. The van der Waals surface area contributed by atoms with E-state index in [-0.39, 0.29) is 29.3 Å². The van der Waals surface area contributed by atoms with Crippen molar-refractivity contribution in [1.82, 2.24) is 0 Å². The van der Waals surface area contributed by atoms with Crippen LogP contribution in [0.4, 0.5) is 0 Å². The van der Waals surface area contributed by atoms with Crippen LogP contribution in [-0.2, 0) is 9.53 Å². The number of rotatable bonds is 0. The summed E-state index contributed by atoms with van der Waals surface area (Å²) in [7, 11) is 0. The average molecular weight is 264 g/mol. The number of carbonyl (C=O) groups excluding carboxylic acids is 1. The smallest absolute Gasteiger partial charge is 0.334 e. The van der Waals surface area contributed by atoms with Gasteiger partial charge in [-0.3, -0.25) is 0 Å². The average Bonchev–Trinajstić information content (AvgIpc) is 2.59. The van der Waals surface area contributed by atoms with Crippen LogP contribution in [0.25, 0.3) is 0 Å². The number of ether oxygens (including phenoxy) is 1. The van der Waals surface area contributed by atoms with Crippen molar-refractivity contribution in [3.8, 4) is 0 Å². The van der Waals surface area contributed by atoms with Crippen LogP contribution in [-0.4, -0.2) is 34.5 Å². The quantitative estimate of drug-likeness (QED) is 0.392. The van der Waals surface area contributed by atoms with Crippen LogP contribution < -0.4 is 0 Å². The molecule has 2 N–H and O–H groups in total. The van der Waals surface area contributed by atoms with E-state index in [9.17, 15) is 15.0 Å². The Morgan fingerprint density at radius 2 is 2.00 bits per heavy atom. The molecule has 19 heavy (non-hydrogen) atoms. The van der Waals surface area contributed by atoms with Crippen LogP contribution in [0, 0.1) is 17.3 Å². The Balaban J connectivity index is 1.93. The summed E-state index contributed by atoms with van der Waals surface area (Å²) in [6, 6.07) is 0. The zero-order valence-corrected chi connectivity index (χ0v) is 11.1. The minimum Gasteiger partial charge on any atom is -0.458 e. The number of aliphatic hydroxyl groups is 2. The molecule has 0 unspecified atom stereocenters. The molecule has 2 aliphatic carbocycles. The topological polar surface area (TPSA) is 66.8 Å². The number of hydrogen-bond acceptors (Lipinski definition) is 4. The van der Waals surface area contributed by atoms with Crippen molar-refractivity contribution in [3.05, 3.63) is 24.3 Å². The van der Waals surface area contributed by atoms with E-state index in [1.54, 1.807) is 0 Å². The molecular formula is C15H20O4. The van der Waals surface area contributed by atoms with Crippen LogP contribution in [0.5, 0.6) is 0 Å². The van der Waals surface area contributed by atoms with E-state index in [2.05, 4.69) is 20.1 Å². The molecule has 1 heterocycles. The fourth-order valence-electron chi connectivity index (χ4n) is 4.16. The molecule has 4 heteroatoms. The van der Waals surface area contributed by atoms with E-state index in [1.807, 2.05) is 0 Å². The Labute approximate surface area is 112 Å². The van der Waals surface area contributed by atoms with Crippen LogP contribution in [0.15, 0.2) is 24.3 Å². The SMILES string of the molecule is C=C1C(=O)O[C@@H]2C[C@@]3(C)C[C@@H](O)[C@H](O)C(=C)[C@@H]3C[C@H]12. The van der Waals surface area contributed by atoms with Gasteiger partial charge in [-0.1, -0.05) is 20.1 Å². The van der Waals surface area contributed by atoms with Gasteiger partial charge in [0.1, 0.15) is 12.2 Å². The second-order valence-electron chi connectivity index (χ2n) is 6.51. The molecule has 0 aromatic heterocycles. The van der Waals surface area contributed by atoms with Crippen molar-refractivity contribution in [2.24, 2.45) is 17.3 Å². The highest BCUT2D eigenvalue weighted by Crippen LogP contribution is 2.56. The molecule has 0 radical (unpaired) electrons. The van der Waals surface area contributed by atoms with Gasteiger partial charge in [-0.2, -0.15) is 0 Å². The summed E-state index contributed by atoms with van der Waals surface area (Å²) in [5.74, 6) is -0.160. The highest BCUT2D eigenvalue weighted by atomic mass is 16.6. The maximum Gasteiger partial charge on any atom is 0.334 e. The molecule has 0 bridgehead atoms. The van der Waals surface area contributed by atoms with Crippen LogP contribution >= 0.6 is 0 Å². The van der Waals surface area contributed by atoms with E-state index in [0.717, 1.165) is 6.42 Å². The number of aliphatic hydroxyl groups excluding tert-OH is 2. The lowest BCUT2D eigenvalue weighted by atomic mass is 9.54. The first-order chi connectivity index (χ1) is 8.83. The van der Waals surface area contributed by atoms with E-state index in [1.165, 1.54) is 0 Å². The van der Waals surface area contributed by atoms with Gasteiger partial charge < -0.3 is 14.9 Å². The van der Waals surface area contributed by atoms with Gasteiger partial charge in [0.15, 0.2) is 0 Å². The highest BCUT2D eigenvalue weighted by Gasteiger charge is 2.55. The largest absolute Gasteiger partial charge is 0.458 e. The van der Waals surface area contributed by atoms with Crippen molar-refractivity contribution in [2.75, 3.05) is 0 Å². The summed E-state index contributed by atoms with van der Waals surface area (Å²) in [4.78, 5) is 11.6. The minimum atomic E-state index is -0.860. The summed E-state index contributed by atoms with van der Waals surface area (Å²) in [6.07, 6.45) is 0.193. The summed E-state index contributed by atoms with van der Waals surface area (Å²) in [5, 5.41) is 19.9. The molecule has 0 aromatic carbocycles. The van der Waals surface area contributed by atoms with Crippen molar-refractivity contribution in [2.45, 2.75) is 44.5 Å². The minimum absolute atomic E-state index is 0.0322. The first-order valence-corrected chi connectivity index (χ1v) is 6.78. The Kier molecular flexibility index (Phi) is 2.67. The summed E-state index contributed by atoms with van der Waals surface area (Å²) in [6.45, 7) is 9.88. The maximum absolute atomic E-state index is 11.6. The standard InChI is InChI=1S/C15H20O4/c1-7-9-4-10-8(2)13(17)11(16)5-15(10,3)6-12(9)19-14(7)18/h9-13,16-17H,1-2,4-6H2,3H3/t9-,10+,11-,12-,13-,15-/m1/s1. The monoisotopic (exact) mass is 264 g/mol. The molecule has 0 amide bonds. The summed E-state index contributed by atoms with van der Waals surface area (Å²) < 4.78 is 5.38. The Bertz CT molecular complexity index is 469. The van der Waals surface area contributed by atoms with Gasteiger partial charge in [0.25, 0.3) is 0 Å². The molecule has 1 saturated heterocycles. The molecule has 6 atom stereocenters. The predicted molar refractivity (Wildman–Crippen MR) is 69.1 cm³/mol. The number of hydrogen-bond donors (Lipinski definition) is 2. The predicted octanol–water partition coefficient (Wildman–Crippen LogP) is 1.18. The zero-order valence-electron chi connectivity index (χ0n) is 11.1. The fourth-order valence-corrected chi connectivity index (χ4v) is 4.16. The van der Waals surface area contributed by atoms with Crippen molar-refractivity contribution in [3.63, 3.8) is 0 Å². The molecule has 3 fully saturated rings. The summed E-state index contributed by atoms with van der Waals surface area (Å²) in [5.41, 5.74) is 1.06. The molecule has 4 nitrogen and oxygen atoms in total. The second kappa shape index (κ2) is 3.93. The fraction of sp³-hybridized carbons (Fsp3) is 0.667. The Hall–Kier alpha value is -1.13. The van der Waals surface area contributed by atoms with Gasteiger partial charge in [-0.05, 0) is 36.2 Å². The molecule has 1 aliphatic heterocycles. The van der Waals surface area contributed by atoms with Crippen molar-refractivity contribution >= 4 is 5.97 Å². The third kappa shape index (κ3) is 1.70. The normalized spacial score (nSPS) is 49.6. The summed E-state index contributed by atoms with van der Waals surface area (Å²) >= 11 is 0. The molecular weight excluding hydrogens is 244 g/mol. The Morgan fingerprint density at radius 3 is 2.68 bits per heavy atom. The highest BCUT2D eigenvalue weighted by molar-refractivity contribution is 5.90. The van der Waals surface area contributed by atoms with Crippen molar-refractivity contribution in [1.29, 1.82) is 0 Å². The molecule has 104 valence electrons. The van der Waals surface area contributed by atoms with E-state index in [0.29, 0.717) is 24.0 Å². The lowest BCUT2D eigenvalue weighted by molar-refractivity contribution is -0.144. The molecule has 3 rings (SSSR count). The zero-order chi connectivity index (χ0) is 13.9. The maximum atomic E-state index is 11.6. The van der Waals surface area contributed by atoms with Gasteiger partial charge in [0.05, 0.1) is 6.10 Å². The number of esters is 1. The second-order valence-corrected chi connectivity index (χ2v) is 6.51. The van der Waals surface area contributed by atoms with Crippen LogP contribution in [0.3, 0.4) is 0 Å². The first kappa shape index (κ1) is 12.9. The lowest BCUT2D eigenvalue weighted by Gasteiger charge is -2.52. The van der Waals surface area contributed by atoms with Gasteiger partial charge in [0.2, 0.25) is 0 Å². The van der Waals surface area contributed by atoms with Gasteiger partial charge in [-0.25, -0.2) is 4.79 Å². The van der Waals surface area contributed by atoms with Crippen LogP contribution in [0.1, 0.15) is 26.2 Å². The number of carbonyl (C=O) groups is 1. The molecule has 2 saturated carbocycles. The molecule has 3 aliphatic rings. The van der Waals surface area contributed by atoms with Gasteiger partial charge in [0, 0.05) is 11.5 Å². The molecule has 0 spiro atoms. The third-order valence-corrected chi connectivity index (χ3v) is 5.28. The van der Waals surface area contributed by atoms with E-state index in [4.69, 9.17) is 4.74 Å². The number of fused-ring (bicyclic) bond motifs is 2. The Morgan fingerprint density at radius 1 is 1.32 bits per heavy atom.